The van der Waals surface area contributed by atoms with Crippen LogP contribution >= 0.6 is 15.9 Å². The Morgan fingerprint density at radius 1 is 1.29 bits per heavy atom. The van der Waals surface area contributed by atoms with Crippen molar-refractivity contribution in [1.29, 1.82) is 5.26 Å². The standard InChI is InChI=1S/C22H22BrN3O2/c1-3-25(15(2)17-10-8-16(13-24)9-11-17)22(28)18-12-21(27)26(14-18)20-7-5-4-6-19(20)23/h4-11,15,18H,3,12,14H2,1-2H3. The number of hydrogen-bond donors (Lipinski definition) is 0. The third kappa shape index (κ3) is 3.95. The smallest absolute Gasteiger partial charge is 0.228 e. The molecule has 1 saturated heterocycles. The van der Waals surface area contributed by atoms with E-state index in [0.717, 1.165) is 15.7 Å². The van der Waals surface area contributed by atoms with Crippen LogP contribution in [-0.2, 0) is 9.59 Å². The monoisotopic (exact) mass is 439 g/mol. The molecule has 144 valence electrons. The number of benzene rings is 2. The van der Waals surface area contributed by atoms with Gasteiger partial charge in [-0.1, -0.05) is 24.3 Å². The molecule has 6 heteroatoms. The fourth-order valence-electron chi connectivity index (χ4n) is 3.65. The predicted molar refractivity (Wildman–Crippen MR) is 112 cm³/mol. The molecular formula is C22H22BrN3O2. The zero-order valence-corrected chi connectivity index (χ0v) is 17.5. The highest BCUT2D eigenvalue weighted by Gasteiger charge is 2.38. The van der Waals surface area contributed by atoms with E-state index in [0.29, 0.717) is 18.7 Å². The third-order valence-corrected chi connectivity index (χ3v) is 5.90. The molecule has 0 saturated carbocycles. The molecule has 1 fully saturated rings. The Bertz CT molecular complexity index is 920. The van der Waals surface area contributed by atoms with Gasteiger partial charge in [-0.3, -0.25) is 9.59 Å². The van der Waals surface area contributed by atoms with Crippen molar-refractivity contribution in [3.8, 4) is 6.07 Å². The maximum absolute atomic E-state index is 13.2. The molecule has 0 aromatic heterocycles. The Balaban J connectivity index is 1.77. The van der Waals surface area contributed by atoms with Crippen LogP contribution in [-0.4, -0.2) is 29.8 Å². The van der Waals surface area contributed by atoms with Crippen molar-refractivity contribution in [3.05, 3.63) is 64.1 Å². The van der Waals surface area contributed by atoms with E-state index in [-0.39, 0.29) is 30.2 Å². The zero-order valence-electron chi connectivity index (χ0n) is 15.9. The summed E-state index contributed by atoms with van der Waals surface area (Å²) in [5.41, 5.74) is 2.36. The van der Waals surface area contributed by atoms with E-state index in [4.69, 9.17) is 5.26 Å². The Hall–Kier alpha value is -2.65. The molecule has 1 aliphatic heterocycles. The molecule has 1 heterocycles. The van der Waals surface area contributed by atoms with Gasteiger partial charge in [0.05, 0.1) is 29.3 Å². The number of anilines is 1. The topological polar surface area (TPSA) is 64.4 Å². The number of nitrogens with zero attached hydrogens (tertiary/aromatic N) is 3. The van der Waals surface area contributed by atoms with E-state index < -0.39 is 0 Å². The summed E-state index contributed by atoms with van der Waals surface area (Å²) in [6.07, 6.45) is 0.219. The average molecular weight is 440 g/mol. The van der Waals surface area contributed by atoms with E-state index in [9.17, 15) is 9.59 Å². The van der Waals surface area contributed by atoms with Crippen molar-refractivity contribution in [2.45, 2.75) is 26.3 Å². The normalized spacial score (nSPS) is 17.3. The van der Waals surface area contributed by atoms with Gasteiger partial charge in [-0.2, -0.15) is 5.26 Å². The van der Waals surface area contributed by atoms with Gasteiger partial charge in [0.15, 0.2) is 0 Å². The van der Waals surface area contributed by atoms with Crippen LogP contribution in [0.1, 0.15) is 37.4 Å². The second-order valence-electron chi connectivity index (χ2n) is 6.89. The molecule has 3 rings (SSSR count). The van der Waals surface area contributed by atoms with Crippen molar-refractivity contribution in [3.63, 3.8) is 0 Å². The lowest BCUT2D eigenvalue weighted by molar-refractivity contribution is -0.137. The highest BCUT2D eigenvalue weighted by Crippen LogP contribution is 2.33. The molecule has 2 aromatic carbocycles. The fourth-order valence-corrected chi connectivity index (χ4v) is 4.15. The molecule has 0 bridgehead atoms. The number of rotatable bonds is 5. The molecule has 28 heavy (non-hydrogen) atoms. The first-order valence-corrected chi connectivity index (χ1v) is 10.1. The van der Waals surface area contributed by atoms with Gasteiger partial charge in [0, 0.05) is 24.0 Å². The zero-order chi connectivity index (χ0) is 20.3. The Labute approximate surface area is 173 Å². The van der Waals surface area contributed by atoms with E-state index in [1.807, 2.05) is 55.1 Å². The van der Waals surface area contributed by atoms with Crippen LogP contribution in [0.25, 0.3) is 0 Å². The van der Waals surface area contributed by atoms with Crippen molar-refractivity contribution in [2.75, 3.05) is 18.0 Å². The summed E-state index contributed by atoms with van der Waals surface area (Å²) in [6, 6.07) is 16.8. The SMILES string of the molecule is CCN(C(=O)C1CC(=O)N(c2ccccc2Br)C1)C(C)c1ccc(C#N)cc1. The average Bonchev–Trinajstić information content (AvgIpc) is 3.10. The molecular weight excluding hydrogens is 418 g/mol. The lowest BCUT2D eigenvalue weighted by Gasteiger charge is -2.30. The first-order chi connectivity index (χ1) is 13.5. The Morgan fingerprint density at radius 3 is 2.57 bits per heavy atom. The number of carbonyl (C=O) groups excluding carboxylic acids is 2. The minimum absolute atomic E-state index is 0.0118. The number of carbonyl (C=O) groups is 2. The van der Waals surface area contributed by atoms with Gasteiger partial charge in [-0.25, -0.2) is 0 Å². The minimum Gasteiger partial charge on any atom is -0.336 e. The molecule has 2 amide bonds. The number of para-hydroxylation sites is 1. The number of halogens is 1. The van der Waals surface area contributed by atoms with Gasteiger partial charge >= 0.3 is 0 Å². The maximum atomic E-state index is 13.2. The summed E-state index contributed by atoms with van der Waals surface area (Å²) in [6.45, 7) is 4.86. The van der Waals surface area contributed by atoms with Gasteiger partial charge in [0.25, 0.3) is 0 Å². The second-order valence-corrected chi connectivity index (χ2v) is 7.75. The number of hydrogen-bond acceptors (Lipinski definition) is 3. The van der Waals surface area contributed by atoms with E-state index in [1.165, 1.54) is 0 Å². The van der Waals surface area contributed by atoms with Gasteiger partial charge in [-0.05, 0) is 59.6 Å². The third-order valence-electron chi connectivity index (χ3n) is 5.23. The van der Waals surface area contributed by atoms with Crippen LogP contribution in [0.3, 0.4) is 0 Å². The first kappa shape index (κ1) is 20.1. The molecule has 0 spiro atoms. The lowest BCUT2D eigenvalue weighted by Crippen LogP contribution is -2.39. The van der Waals surface area contributed by atoms with Crippen LogP contribution in [0, 0.1) is 17.2 Å². The summed E-state index contributed by atoms with van der Waals surface area (Å²) < 4.78 is 0.842. The molecule has 0 aliphatic carbocycles. The summed E-state index contributed by atoms with van der Waals surface area (Å²) in [7, 11) is 0. The highest BCUT2D eigenvalue weighted by molar-refractivity contribution is 9.10. The number of amides is 2. The van der Waals surface area contributed by atoms with Crippen molar-refractivity contribution in [2.24, 2.45) is 5.92 Å². The maximum Gasteiger partial charge on any atom is 0.228 e. The highest BCUT2D eigenvalue weighted by atomic mass is 79.9. The molecule has 2 aromatic rings. The molecule has 2 unspecified atom stereocenters. The van der Waals surface area contributed by atoms with Crippen LogP contribution in [0.15, 0.2) is 53.0 Å². The quantitative estimate of drug-likeness (QED) is 0.697. The predicted octanol–water partition coefficient (Wildman–Crippen LogP) is 4.28. The van der Waals surface area contributed by atoms with Gasteiger partial charge in [-0.15, -0.1) is 0 Å². The molecule has 5 nitrogen and oxygen atoms in total. The lowest BCUT2D eigenvalue weighted by atomic mass is 10.0. The van der Waals surface area contributed by atoms with Gasteiger partial charge in [0.1, 0.15) is 0 Å². The summed E-state index contributed by atoms with van der Waals surface area (Å²) in [5.74, 6) is -0.407. The van der Waals surface area contributed by atoms with Crippen molar-refractivity contribution >= 4 is 33.4 Å². The summed E-state index contributed by atoms with van der Waals surface area (Å²) >= 11 is 3.49. The number of nitriles is 1. The second kappa shape index (κ2) is 8.57. The van der Waals surface area contributed by atoms with E-state index in [1.54, 1.807) is 17.0 Å². The first-order valence-electron chi connectivity index (χ1n) is 9.31. The molecule has 2 atom stereocenters. The van der Waals surface area contributed by atoms with Gasteiger partial charge < -0.3 is 9.80 Å². The summed E-state index contributed by atoms with van der Waals surface area (Å²) in [4.78, 5) is 29.3. The van der Waals surface area contributed by atoms with Crippen molar-refractivity contribution < 1.29 is 9.59 Å². The summed E-state index contributed by atoms with van der Waals surface area (Å²) in [5, 5.41) is 8.96. The van der Waals surface area contributed by atoms with Crippen LogP contribution in [0.2, 0.25) is 0 Å². The van der Waals surface area contributed by atoms with Crippen molar-refractivity contribution in [1.82, 2.24) is 4.90 Å². The van der Waals surface area contributed by atoms with E-state index in [2.05, 4.69) is 22.0 Å². The van der Waals surface area contributed by atoms with Crippen LogP contribution in [0.4, 0.5) is 5.69 Å². The molecule has 1 aliphatic rings. The molecule has 0 radical (unpaired) electrons. The van der Waals surface area contributed by atoms with Gasteiger partial charge in [0.2, 0.25) is 11.8 Å². The fraction of sp³-hybridized carbons (Fsp3) is 0.318. The minimum atomic E-state index is -0.361. The Morgan fingerprint density at radius 2 is 1.96 bits per heavy atom. The Kier molecular flexibility index (Phi) is 6.15. The largest absolute Gasteiger partial charge is 0.336 e. The molecule has 0 N–H and O–H groups in total. The van der Waals surface area contributed by atoms with Crippen LogP contribution in [0.5, 0.6) is 0 Å². The van der Waals surface area contributed by atoms with E-state index >= 15 is 0 Å². The van der Waals surface area contributed by atoms with Crippen LogP contribution < -0.4 is 4.90 Å².